The molecule has 110 valence electrons. The second-order valence-corrected chi connectivity index (χ2v) is 5.90. The van der Waals surface area contributed by atoms with Crippen LogP contribution in [0.4, 0.5) is 4.79 Å². The molecule has 1 heterocycles. The molecule has 0 aliphatic carbocycles. The summed E-state index contributed by atoms with van der Waals surface area (Å²) in [6, 6.07) is 8.15. The van der Waals surface area contributed by atoms with Crippen molar-refractivity contribution < 1.29 is 9.53 Å². The first-order valence-electron chi connectivity index (χ1n) is 7.08. The zero-order chi connectivity index (χ0) is 14.4. The number of hydrogen-bond acceptors (Lipinski definition) is 2. The van der Waals surface area contributed by atoms with E-state index in [9.17, 15) is 4.79 Å². The van der Waals surface area contributed by atoms with Gasteiger partial charge in [0, 0.05) is 24.1 Å². The Hall–Kier alpha value is -1.07. The quantitative estimate of drug-likeness (QED) is 0.914. The highest BCUT2D eigenvalue weighted by molar-refractivity contribution is 9.10. The number of hydrogen-bond donors (Lipinski definition) is 1. The molecule has 0 saturated carbocycles. The average molecular weight is 341 g/mol. The van der Waals surface area contributed by atoms with Crippen molar-refractivity contribution in [2.45, 2.75) is 32.5 Å². The molecule has 0 spiro atoms. The van der Waals surface area contributed by atoms with Crippen molar-refractivity contribution in [3.8, 4) is 0 Å². The van der Waals surface area contributed by atoms with Crippen molar-refractivity contribution >= 4 is 22.0 Å². The molecule has 0 radical (unpaired) electrons. The highest BCUT2D eigenvalue weighted by Gasteiger charge is 2.23. The third kappa shape index (κ3) is 4.49. The molecule has 5 heteroatoms. The average Bonchev–Trinajstić information content (AvgIpc) is 2.47. The SMILES string of the molecule is CCNC(=O)N1CCCC(OCc2ccc(Br)cc2)C1. The minimum absolute atomic E-state index is 0.0180. The smallest absolute Gasteiger partial charge is 0.317 e. The second-order valence-electron chi connectivity index (χ2n) is 4.98. The fraction of sp³-hybridized carbons (Fsp3) is 0.533. The molecule has 0 bridgehead atoms. The van der Waals surface area contributed by atoms with Crippen molar-refractivity contribution in [1.82, 2.24) is 10.2 Å². The van der Waals surface area contributed by atoms with Crippen LogP contribution in [0.15, 0.2) is 28.7 Å². The van der Waals surface area contributed by atoms with Crippen LogP contribution in [0.3, 0.4) is 0 Å². The topological polar surface area (TPSA) is 41.6 Å². The number of halogens is 1. The van der Waals surface area contributed by atoms with E-state index in [2.05, 4.69) is 33.4 Å². The molecule has 1 atom stereocenters. The normalized spacial score (nSPS) is 18.9. The number of rotatable bonds is 4. The Morgan fingerprint density at radius 3 is 2.90 bits per heavy atom. The number of piperidine rings is 1. The molecule has 4 nitrogen and oxygen atoms in total. The number of urea groups is 1. The van der Waals surface area contributed by atoms with E-state index in [1.165, 1.54) is 0 Å². The summed E-state index contributed by atoms with van der Waals surface area (Å²) in [5.74, 6) is 0. The first-order valence-corrected chi connectivity index (χ1v) is 7.87. The summed E-state index contributed by atoms with van der Waals surface area (Å²) >= 11 is 3.42. The molecule has 1 aromatic rings. The van der Waals surface area contributed by atoms with E-state index in [4.69, 9.17) is 4.74 Å². The molecule has 20 heavy (non-hydrogen) atoms. The third-order valence-electron chi connectivity index (χ3n) is 3.39. The van der Waals surface area contributed by atoms with Crippen LogP contribution < -0.4 is 5.32 Å². The lowest BCUT2D eigenvalue weighted by atomic mass is 10.1. The molecule has 1 aliphatic rings. The lowest BCUT2D eigenvalue weighted by Gasteiger charge is -2.32. The van der Waals surface area contributed by atoms with Crippen LogP contribution >= 0.6 is 15.9 Å². The van der Waals surface area contributed by atoms with Crippen LogP contribution in [0.2, 0.25) is 0 Å². The minimum atomic E-state index is 0.0180. The first kappa shape index (κ1) is 15.3. The Balaban J connectivity index is 1.80. The zero-order valence-corrected chi connectivity index (χ0v) is 13.4. The monoisotopic (exact) mass is 340 g/mol. The number of carbonyl (C=O) groups excluding carboxylic acids is 1. The number of nitrogens with zero attached hydrogens (tertiary/aromatic N) is 1. The number of amides is 2. The molecule has 1 aliphatic heterocycles. The highest BCUT2D eigenvalue weighted by atomic mass is 79.9. The number of ether oxygens (including phenoxy) is 1. The van der Waals surface area contributed by atoms with Crippen molar-refractivity contribution in [1.29, 1.82) is 0 Å². The largest absolute Gasteiger partial charge is 0.372 e. The summed E-state index contributed by atoms with van der Waals surface area (Å²) in [6.07, 6.45) is 2.16. The van der Waals surface area contributed by atoms with Crippen LogP contribution in [0, 0.1) is 0 Å². The molecule has 2 rings (SSSR count). The van der Waals surface area contributed by atoms with Gasteiger partial charge in [0.15, 0.2) is 0 Å². The predicted octanol–water partition coefficient (Wildman–Crippen LogP) is 3.16. The number of likely N-dealkylation sites (tertiary alicyclic amines) is 1. The van der Waals surface area contributed by atoms with E-state index in [0.29, 0.717) is 19.7 Å². The standard InChI is InChI=1S/C15H21BrN2O2/c1-2-17-15(19)18-9-3-4-14(10-18)20-11-12-5-7-13(16)8-6-12/h5-8,14H,2-4,9-11H2,1H3,(H,17,19). The van der Waals surface area contributed by atoms with Crippen LogP contribution in [-0.4, -0.2) is 36.7 Å². The maximum Gasteiger partial charge on any atom is 0.317 e. The summed E-state index contributed by atoms with van der Waals surface area (Å²) in [5, 5.41) is 2.84. The van der Waals surface area contributed by atoms with E-state index < -0.39 is 0 Å². The first-order chi connectivity index (χ1) is 9.69. The highest BCUT2D eigenvalue weighted by Crippen LogP contribution is 2.16. The van der Waals surface area contributed by atoms with E-state index in [1.54, 1.807) is 0 Å². The Kier molecular flexibility index (Phi) is 5.86. The summed E-state index contributed by atoms with van der Waals surface area (Å²) < 4.78 is 7.00. The van der Waals surface area contributed by atoms with Gasteiger partial charge >= 0.3 is 6.03 Å². The predicted molar refractivity (Wildman–Crippen MR) is 82.6 cm³/mol. The van der Waals surface area contributed by atoms with Gasteiger partial charge in [0.05, 0.1) is 12.7 Å². The lowest BCUT2D eigenvalue weighted by Crippen LogP contribution is -2.47. The lowest BCUT2D eigenvalue weighted by molar-refractivity contribution is -0.000279. The van der Waals surface area contributed by atoms with Crippen molar-refractivity contribution in [2.75, 3.05) is 19.6 Å². The summed E-state index contributed by atoms with van der Waals surface area (Å²) in [5.41, 5.74) is 1.16. The van der Waals surface area contributed by atoms with Crippen LogP contribution in [0.25, 0.3) is 0 Å². The molecule has 2 amide bonds. The molecule has 1 saturated heterocycles. The summed E-state index contributed by atoms with van der Waals surface area (Å²) in [7, 11) is 0. The summed E-state index contributed by atoms with van der Waals surface area (Å²) in [6.45, 7) is 4.70. The molecule has 1 unspecified atom stereocenters. The molecular weight excluding hydrogens is 320 g/mol. The van der Waals surface area contributed by atoms with Crippen LogP contribution in [0.5, 0.6) is 0 Å². The zero-order valence-electron chi connectivity index (χ0n) is 11.8. The van der Waals surface area contributed by atoms with E-state index >= 15 is 0 Å². The maximum absolute atomic E-state index is 11.8. The molecule has 0 aromatic heterocycles. The fourth-order valence-corrected chi connectivity index (χ4v) is 2.58. The third-order valence-corrected chi connectivity index (χ3v) is 3.92. The second kappa shape index (κ2) is 7.64. The van der Waals surface area contributed by atoms with Gasteiger partial charge in [0.25, 0.3) is 0 Å². The van der Waals surface area contributed by atoms with Gasteiger partial charge in [-0.25, -0.2) is 4.79 Å². The van der Waals surface area contributed by atoms with Gasteiger partial charge < -0.3 is 15.0 Å². The van der Waals surface area contributed by atoms with Gasteiger partial charge in [-0.3, -0.25) is 0 Å². The molecule has 1 aromatic carbocycles. The minimum Gasteiger partial charge on any atom is -0.372 e. The number of benzene rings is 1. The Morgan fingerprint density at radius 1 is 1.45 bits per heavy atom. The van der Waals surface area contributed by atoms with Crippen molar-refractivity contribution in [2.24, 2.45) is 0 Å². The Morgan fingerprint density at radius 2 is 2.20 bits per heavy atom. The summed E-state index contributed by atoms with van der Waals surface area (Å²) in [4.78, 5) is 13.7. The maximum atomic E-state index is 11.8. The van der Waals surface area contributed by atoms with E-state index in [1.807, 2.05) is 24.0 Å². The Bertz CT molecular complexity index is 436. The number of nitrogens with one attached hydrogen (secondary N) is 1. The van der Waals surface area contributed by atoms with Gasteiger partial charge in [-0.2, -0.15) is 0 Å². The van der Waals surface area contributed by atoms with E-state index in [-0.39, 0.29) is 12.1 Å². The number of carbonyl (C=O) groups is 1. The van der Waals surface area contributed by atoms with Crippen LogP contribution in [-0.2, 0) is 11.3 Å². The van der Waals surface area contributed by atoms with Gasteiger partial charge in [0.1, 0.15) is 0 Å². The van der Waals surface area contributed by atoms with Gasteiger partial charge in [-0.1, -0.05) is 28.1 Å². The molecular formula is C15H21BrN2O2. The molecule has 1 N–H and O–H groups in total. The van der Waals surface area contributed by atoms with Crippen LogP contribution in [0.1, 0.15) is 25.3 Å². The van der Waals surface area contributed by atoms with Crippen molar-refractivity contribution in [3.05, 3.63) is 34.3 Å². The fourth-order valence-electron chi connectivity index (χ4n) is 2.32. The van der Waals surface area contributed by atoms with Gasteiger partial charge in [-0.15, -0.1) is 0 Å². The van der Waals surface area contributed by atoms with Crippen molar-refractivity contribution in [3.63, 3.8) is 0 Å². The Labute approximate surface area is 128 Å². The van der Waals surface area contributed by atoms with E-state index in [0.717, 1.165) is 29.4 Å². The van der Waals surface area contributed by atoms with Gasteiger partial charge in [0.2, 0.25) is 0 Å². The molecule has 1 fully saturated rings. The van der Waals surface area contributed by atoms with Gasteiger partial charge in [-0.05, 0) is 37.5 Å².